The Hall–Kier alpha value is -3.66. The predicted octanol–water partition coefficient (Wildman–Crippen LogP) is 3.61. The molecular formula is C26H24ClN5O4. The highest BCUT2D eigenvalue weighted by atomic mass is 35.5. The van der Waals surface area contributed by atoms with E-state index in [4.69, 9.17) is 16.3 Å². The van der Waals surface area contributed by atoms with Gasteiger partial charge in [-0.15, -0.1) is 0 Å². The number of ketones is 2. The largest absolute Gasteiger partial charge is 0.394 e. The SMILES string of the molecule is O=C(Cc1ccc(C(=O)c2c[nH]c3ncnc(N[C@@H]4CC[C@@H](CO)OC4)c23)c(Cl)c1)c1ccncc1. The Morgan fingerprint density at radius 1 is 1.14 bits per heavy atom. The van der Waals surface area contributed by atoms with Crippen molar-refractivity contribution in [1.29, 1.82) is 0 Å². The summed E-state index contributed by atoms with van der Waals surface area (Å²) < 4.78 is 5.66. The number of nitrogens with zero attached hydrogens (tertiary/aromatic N) is 3. The van der Waals surface area contributed by atoms with E-state index in [0.717, 1.165) is 12.8 Å². The molecule has 36 heavy (non-hydrogen) atoms. The van der Waals surface area contributed by atoms with E-state index in [1.807, 2.05) is 0 Å². The fourth-order valence-electron chi connectivity index (χ4n) is 4.33. The van der Waals surface area contributed by atoms with Crippen LogP contribution in [0.2, 0.25) is 5.02 Å². The number of Topliss-reactive ketones (excluding diaryl/α,β-unsaturated/α-hetero) is 1. The van der Waals surface area contributed by atoms with E-state index in [9.17, 15) is 14.7 Å². The Labute approximate surface area is 211 Å². The molecule has 0 spiro atoms. The summed E-state index contributed by atoms with van der Waals surface area (Å²) in [7, 11) is 0. The molecule has 0 bridgehead atoms. The molecule has 1 fully saturated rings. The molecule has 0 unspecified atom stereocenters. The van der Waals surface area contributed by atoms with Crippen LogP contribution in [-0.4, -0.2) is 62.0 Å². The normalized spacial score (nSPS) is 17.7. The molecule has 3 N–H and O–H groups in total. The zero-order valence-electron chi connectivity index (χ0n) is 19.3. The second-order valence-corrected chi connectivity index (χ2v) is 9.09. The van der Waals surface area contributed by atoms with Gasteiger partial charge in [0.1, 0.15) is 17.8 Å². The van der Waals surface area contributed by atoms with Crippen molar-refractivity contribution in [1.82, 2.24) is 19.9 Å². The van der Waals surface area contributed by atoms with Gasteiger partial charge in [0.25, 0.3) is 0 Å². The molecule has 0 radical (unpaired) electrons. The van der Waals surface area contributed by atoms with Crippen molar-refractivity contribution in [3.8, 4) is 0 Å². The first-order chi connectivity index (χ1) is 17.5. The van der Waals surface area contributed by atoms with Gasteiger partial charge in [0.2, 0.25) is 0 Å². The Balaban J connectivity index is 1.38. The van der Waals surface area contributed by atoms with Crippen LogP contribution in [0.3, 0.4) is 0 Å². The highest BCUT2D eigenvalue weighted by Crippen LogP contribution is 2.30. The third kappa shape index (κ3) is 4.99. The number of aromatic amines is 1. The molecule has 5 rings (SSSR count). The van der Waals surface area contributed by atoms with E-state index in [-0.39, 0.29) is 41.8 Å². The minimum atomic E-state index is -0.281. The van der Waals surface area contributed by atoms with E-state index in [0.29, 0.717) is 45.7 Å². The third-order valence-corrected chi connectivity index (χ3v) is 6.59. The van der Waals surface area contributed by atoms with Gasteiger partial charge in [0.05, 0.1) is 41.3 Å². The van der Waals surface area contributed by atoms with Crippen LogP contribution in [0.4, 0.5) is 5.82 Å². The molecule has 1 aliphatic heterocycles. The van der Waals surface area contributed by atoms with Crippen LogP contribution in [0, 0.1) is 0 Å². The summed E-state index contributed by atoms with van der Waals surface area (Å²) >= 11 is 6.51. The smallest absolute Gasteiger partial charge is 0.196 e. The van der Waals surface area contributed by atoms with Crippen molar-refractivity contribution in [2.45, 2.75) is 31.4 Å². The first-order valence-corrected chi connectivity index (χ1v) is 12.0. The average molecular weight is 506 g/mol. The number of anilines is 1. The number of nitrogens with one attached hydrogen (secondary N) is 2. The van der Waals surface area contributed by atoms with Crippen molar-refractivity contribution in [2.24, 2.45) is 0 Å². The number of carbonyl (C=O) groups is 2. The lowest BCUT2D eigenvalue weighted by Gasteiger charge is -2.29. The average Bonchev–Trinajstić information content (AvgIpc) is 3.35. The fraction of sp³-hybridized carbons (Fsp3) is 0.269. The van der Waals surface area contributed by atoms with Crippen molar-refractivity contribution in [2.75, 3.05) is 18.5 Å². The molecule has 1 aliphatic rings. The van der Waals surface area contributed by atoms with Crippen LogP contribution >= 0.6 is 11.6 Å². The minimum absolute atomic E-state index is 0.00161. The number of carbonyl (C=O) groups excluding carboxylic acids is 2. The number of hydrogen-bond acceptors (Lipinski definition) is 8. The molecule has 1 aromatic carbocycles. The maximum atomic E-state index is 13.5. The van der Waals surface area contributed by atoms with Crippen LogP contribution < -0.4 is 5.32 Å². The lowest BCUT2D eigenvalue weighted by atomic mass is 9.99. The molecule has 184 valence electrons. The van der Waals surface area contributed by atoms with E-state index in [2.05, 4.69) is 25.3 Å². The number of aliphatic hydroxyl groups is 1. The molecule has 0 aliphatic carbocycles. The molecule has 10 heteroatoms. The van der Waals surface area contributed by atoms with Gasteiger partial charge in [-0.2, -0.15) is 0 Å². The van der Waals surface area contributed by atoms with Crippen molar-refractivity contribution < 1.29 is 19.4 Å². The van der Waals surface area contributed by atoms with Gasteiger partial charge in [0.15, 0.2) is 11.6 Å². The number of benzene rings is 1. The number of aliphatic hydroxyl groups excluding tert-OH is 1. The number of halogens is 1. The van der Waals surface area contributed by atoms with E-state index < -0.39 is 0 Å². The summed E-state index contributed by atoms with van der Waals surface area (Å²) in [5.74, 6) is 0.182. The van der Waals surface area contributed by atoms with Gasteiger partial charge in [-0.25, -0.2) is 9.97 Å². The maximum absolute atomic E-state index is 13.5. The zero-order valence-corrected chi connectivity index (χ0v) is 20.0. The Kier molecular flexibility index (Phi) is 7.04. The van der Waals surface area contributed by atoms with Crippen LogP contribution in [0.5, 0.6) is 0 Å². The van der Waals surface area contributed by atoms with E-state index in [1.54, 1.807) is 48.9 Å². The summed E-state index contributed by atoms with van der Waals surface area (Å²) in [5.41, 5.74) is 2.51. The Morgan fingerprint density at radius 2 is 1.97 bits per heavy atom. The lowest BCUT2D eigenvalue weighted by molar-refractivity contribution is -0.0224. The third-order valence-electron chi connectivity index (χ3n) is 6.27. The summed E-state index contributed by atoms with van der Waals surface area (Å²) in [6, 6.07) is 8.34. The summed E-state index contributed by atoms with van der Waals surface area (Å²) in [5, 5.41) is 13.5. The molecular weight excluding hydrogens is 482 g/mol. The van der Waals surface area contributed by atoms with Crippen molar-refractivity contribution in [3.63, 3.8) is 0 Å². The maximum Gasteiger partial charge on any atom is 0.196 e. The first kappa shape index (κ1) is 24.1. The second-order valence-electron chi connectivity index (χ2n) is 8.68. The van der Waals surface area contributed by atoms with Gasteiger partial charge in [-0.05, 0) is 42.7 Å². The van der Waals surface area contributed by atoms with E-state index >= 15 is 0 Å². The zero-order chi connectivity index (χ0) is 25.1. The summed E-state index contributed by atoms with van der Waals surface area (Å²) in [4.78, 5) is 41.6. The molecule has 2 atom stereocenters. The second kappa shape index (κ2) is 10.5. The number of fused-ring (bicyclic) bond motifs is 1. The lowest BCUT2D eigenvalue weighted by Crippen LogP contribution is -2.36. The summed E-state index contributed by atoms with van der Waals surface area (Å²) in [6.45, 7) is 0.425. The highest BCUT2D eigenvalue weighted by molar-refractivity contribution is 6.35. The number of pyridine rings is 1. The van der Waals surface area contributed by atoms with Gasteiger partial charge in [-0.1, -0.05) is 17.7 Å². The molecule has 4 aromatic rings. The van der Waals surface area contributed by atoms with Crippen LogP contribution in [0.25, 0.3) is 11.0 Å². The number of rotatable bonds is 8. The Morgan fingerprint density at radius 3 is 2.69 bits per heavy atom. The van der Waals surface area contributed by atoms with Gasteiger partial charge >= 0.3 is 0 Å². The molecule has 4 heterocycles. The Bertz CT molecular complexity index is 1400. The van der Waals surface area contributed by atoms with Gasteiger partial charge in [-0.3, -0.25) is 14.6 Å². The monoisotopic (exact) mass is 505 g/mol. The topological polar surface area (TPSA) is 130 Å². The quantitative estimate of drug-likeness (QED) is 0.309. The van der Waals surface area contributed by atoms with Gasteiger partial charge < -0.3 is 20.1 Å². The van der Waals surface area contributed by atoms with Crippen molar-refractivity contribution >= 4 is 40.0 Å². The molecule has 3 aromatic heterocycles. The first-order valence-electron chi connectivity index (χ1n) is 11.6. The number of ether oxygens (including phenoxy) is 1. The standard InChI is InChI=1S/C26H24ClN5O4/c27-21-9-15(10-22(34)16-5-7-28-8-6-16)1-4-19(21)24(35)20-11-29-25-23(20)26(31-14-30-25)32-17-2-3-18(12-33)36-13-17/h1,4-9,11,14,17-18,33H,2-3,10,12-13H2,(H2,29,30,31,32)/t17-,18+/m1/s1. The molecule has 1 saturated heterocycles. The molecule has 0 amide bonds. The molecule has 0 saturated carbocycles. The number of aromatic nitrogens is 4. The predicted molar refractivity (Wildman–Crippen MR) is 135 cm³/mol. The van der Waals surface area contributed by atoms with Gasteiger partial charge in [0, 0.05) is 36.1 Å². The minimum Gasteiger partial charge on any atom is -0.394 e. The number of H-pyrrole nitrogens is 1. The van der Waals surface area contributed by atoms with Crippen molar-refractivity contribution in [3.05, 3.63) is 82.5 Å². The van der Waals surface area contributed by atoms with E-state index in [1.165, 1.54) is 6.33 Å². The molecule has 9 nitrogen and oxygen atoms in total. The van der Waals surface area contributed by atoms with Crippen LogP contribution in [0.15, 0.2) is 55.2 Å². The van der Waals surface area contributed by atoms with Crippen LogP contribution in [-0.2, 0) is 11.2 Å². The van der Waals surface area contributed by atoms with Crippen LogP contribution in [0.1, 0.15) is 44.7 Å². The summed E-state index contributed by atoms with van der Waals surface area (Å²) in [6.07, 6.45) is 7.71. The fourth-order valence-corrected chi connectivity index (χ4v) is 4.62. The highest BCUT2D eigenvalue weighted by Gasteiger charge is 2.25. The number of hydrogen-bond donors (Lipinski definition) is 3.